The Hall–Kier alpha value is -2.82. The summed E-state index contributed by atoms with van der Waals surface area (Å²) < 4.78 is 1.85. The zero-order valence-corrected chi connectivity index (χ0v) is 12.8. The molecule has 0 N–H and O–H groups in total. The van der Waals surface area contributed by atoms with E-state index in [9.17, 15) is 4.79 Å². The number of imidazole rings is 1. The van der Waals surface area contributed by atoms with Gasteiger partial charge in [0.05, 0.1) is 0 Å². The van der Waals surface area contributed by atoms with Gasteiger partial charge in [0, 0.05) is 44.3 Å². The average molecular weight is 306 g/mol. The molecule has 1 aliphatic heterocycles. The number of nitrogens with zero attached hydrogens (tertiary/aromatic N) is 4. The molecule has 1 fully saturated rings. The standard InChI is InChI=1S/C18H18N4O/c23-18(16-7-4-8-17-19-9-10-22(16)17)21-13-11-20(12-14-21)15-5-2-1-3-6-15/h1-10H,11-14H2. The summed E-state index contributed by atoms with van der Waals surface area (Å²) in [4.78, 5) is 21.3. The zero-order chi connectivity index (χ0) is 15.6. The van der Waals surface area contributed by atoms with Gasteiger partial charge >= 0.3 is 0 Å². The molecule has 0 atom stereocenters. The minimum atomic E-state index is 0.0707. The van der Waals surface area contributed by atoms with Crippen LogP contribution in [0.3, 0.4) is 0 Å². The number of pyridine rings is 1. The lowest BCUT2D eigenvalue weighted by Crippen LogP contribution is -2.49. The van der Waals surface area contributed by atoms with E-state index in [0.717, 1.165) is 31.8 Å². The first-order valence-corrected chi connectivity index (χ1v) is 7.84. The van der Waals surface area contributed by atoms with Crippen molar-refractivity contribution in [3.05, 3.63) is 66.6 Å². The van der Waals surface area contributed by atoms with Crippen molar-refractivity contribution in [2.75, 3.05) is 31.1 Å². The molecule has 1 saturated heterocycles. The Kier molecular flexibility index (Phi) is 3.46. The Labute approximate surface area is 134 Å². The van der Waals surface area contributed by atoms with Crippen molar-refractivity contribution in [2.45, 2.75) is 0 Å². The first-order valence-electron chi connectivity index (χ1n) is 7.84. The van der Waals surface area contributed by atoms with Crippen LogP contribution in [0.2, 0.25) is 0 Å². The number of piperazine rings is 1. The Morgan fingerprint density at radius 2 is 1.70 bits per heavy atom. The van der Waals surface area contributed by atoms with Gasteiger partial charge in [-0.2, -0.15) is 0 Å². The largest absolute Gasteiger partial charge is 0.368 e. The molecule has 0 unspecified atom stereocenters. The lowest BCUT2D eigenvalue weighted by atomic mass is 10.2. The van der Waals surface area contributed by atoms with Crippen LogP contribution in [-0.4, -0.2) is 46.4 Å². The topological polar surface area (TPSA) is 40.9 Å². The number of anilines is 1. The van der Waals surface area contributed by atoms with Crippen LogP contribution in [0.5, 0.6) is 0 Å². The Balaban J connectivity index is 1.50. The third-order valence-corrected chi connectivity index (χ3v) is 4.34. The van der Waals surface area contributed by atoms with Crippen LogP contribution in [0.1, 0.15) is 10.5 Å². The maximum atomic E-state index is 12.8. The van der Waals surface area contributed by atoms with Crippen molar-refractivity contribution >= 4 is 17.2 Å². The molecule has 0 spiro atoms. The molecule has 3 aromatic rings. The highest BCUT2D eigenvalue weighted by atomic mass is 16.2. The number of amides is 1. The second kappa shape index (κ2) is 5.76. The normalized spacial score (nSPS) is 15.1. The molecule has 1 aromatic carbocycles. The monoisotopic (exact) mass is 306 g/mol. The Bertz CT molecular complexity index is 819. The van der Waals surface area contributed by atoms with Crippen molar-refractivity contribution in [3.63, 3.8) is 0 Å². The second-order valence-electron chi connectivity index (χ2n) is 5.68. The first-order chi connectivity index (χ1) is 11.3. The molecular formula is C18H18N4O. The van der Waals surface area contributed by atoms with E-state index in [0.29, 0.717) is 5.69 Å². The number of hydrogen-bond donors (Lipinski definition) is 0. The lowest BCUT2D eigenvalue weighted by molar-refractivity contribution is 0.0739. The van der Waals surface area contributed by atoms with E-state index in [2.05, 4.69) is 22.0 Å². The maximum absolute atomic E-state index is 12.8. The van der Waals surface area contributed by atoms with E-state index in [1.165, 1.54) is 5.69 Å². The van der Waals surface area contributed by atoms with Gasteiger partial charge in [0.1, 0.15) is 11.3 Å². The Morgan fingerprint density at radius 1 is 0.913 bits per heavy atom. The average Bonchev–Trinajstić information content (AvgIpc) is 3.11. The van der Waals surface area contributed by atoms with Crippen molar-refractivity contribution in [1.29, 1.82) is 0 Å². The SMILES string of the molecule is O=C(c1cccc2nccn12)N1CCN(c2ccccc2)CC1. The van der Waals surface area contributed by atoms with Gasteiger partial charge in [-0.15, -0.1) is 0 Å². The van der Waals surface area contributed by atoms with Gasteiger partial charge < -0.3 is 9.80 Å². The van der Waals surface area contributed by atoms with Gasteiger partial charge in [-0.25, -0.2) is 4.98 Å². The predicted molar refractivity (Wildman–Crippen MR) is 89.8 cm³/mol. The predicted octanol–water partition coefficient (Wildman–Crippen LogP) is 2.30. The Morgan fingerprint density at radius 3 is 2.48 bits per heavy atom. The molecule has 0 radical (unpaired) electrons. The first kappa shape index (κ1) is 13.8. The summed E-state index contributed by atoms with van der Waals surface area (Å²) in [6, 6.07) is 16.0. The van der Waals surface area contributed by atoms with Gasteiger partial charge in [-0.3, -0.25) is 9.20 Å². The molecule has 3 heterocycles. The summed E-state index contributed by atoms with van der Waals surface area (Å²) in [7, 11) is 0. The highest BCUT2D eigenvalue weighted by Crippen LogP contribution is 2.17. The number of carbonyl (C=O) groups excluding carboxylic acids is 1. The lowest BCUT2D eigenvalue weighted by Gasteiger charge is -2.36. The van der Waals surface area contributed by atoms with Crippen LogP contribution in [-0.2, 0) is 0 Å². The summed E-state index contributed by atoms with van der Waals surface area (Å²) in [5.41, 5.74) is 2.70. The van der Waals surface area contributed by atoms with Crippen molar-refractivity contribution < 1.29 is 4.79 Å². The van der Waals surface area contributed by atoms with Crippen LogP contribution in [0.4, 0.5) is 5.69 Å². The molecular weight excluding hydrogens is 288 g/mol. The minimum Gasteiger partial charge on any atom is -0.368 e. The maximum Gasteiger partial charge on any atom is 0.271 e. The van der Waals surface area contributed by atoms with Crippen molar-refractivity contribution in [2.24, 2.45) is 0 Å². The molecule has 23 heavy (non-hydrogen) atoms. The van der Waals surface area contributed by atoms with E-state index >= 15 is 0 Å². The molecule has 0 saturated carbocycles. The van der Waals surface area contributed by atoms with Gasteiger partial charge in [0.15, 0.2) is 0 Å². The molecule has 5 nitrogen and oxygen atoms in total. The number of fused-ring (bicyclic) bond motifs is 1. The van der Waals surface area contributed by atoms with Crippen LogP contribution >= 0.6 is 0 Å². The number of hydrogen-bond acceptors (Lipinski definition) is 3. The minimum absolute atomic E-state index is 0.0707. The molecule has 0 aliphatic carbocycles. The summed E-state index contributed by atoms with van der Waals surface area (Å²) in [5.74, 6) is 0.0707. The van der Waals surface area contributed by atoms with Crippen LogP contribution < -0.4 is 4.90 Å². The fourth-order valence-electron chi connectivity index (χ4n) is 3.09. The number of carbonyl (C=O) groups is 1. The van der Waals surface area contributed by atoms with Crippen molar-refractivity contribution in [3.8, 4) is 0 Å². The molecule has 4 rings (SSSR count). The van der Waals surface area contributed by atoms with E-state index in [1.807, 2.05) is 51.9 Å². The van der Waals surface area contributed by atoms with Gasteiger partial charge in [-0.1, -0.05) is 24.3 Å². The molecule has 5 heteroatoms. The molecule has 1 aliphatic rings. The third kappa shape index (κ3) is 2.54. The van der Waals surface area contributed by atoms with E-state index in [1.54, 1.807) is 6.20 Å². The highest BCUT2D eigenvalue weighted by molar-refractivity contribution is 5.93. The third-order valence-electron chi connectivity index (χ3n) is 4.34. The van der Waals surface area contributed by atoms with E-state index < -0.39 is 0 Å². The molecule has 2 aromatic heterocycles. The van der Waals surface area contributed by atoms with E-state index in [4.69, 9.17) is 0 Å². The number of aromatic nitrogens is 2. The molecule has 1 amide bonds. The van der Waals surface area contributed by atoms with Crippen LogP contribution in [0.25, 0.3) is 5.65 Å². The zero-order valence-electron chi connectivity index (χ0n) is 12.8. The van der Waals surface area contributed by atoms with Crippen molar-refractivity contribution in [1.82, 2.24) is 14.3 Å². The summed E-state index contributed by atoms with van der Waals surface area (Å²) in [5, 5.41) is 0. The number of para-hydroxylation sites is 1. The molecule has 116 valence electrons. The van der Waals surface area contributed by atoms with Gasteiger partial charge in [0.25, 0.3) is 5.91 Å². The number of benzene rings is 1. The van der Waals surface area contributed by atoms with Crippen LogP contribution in [0, 0.1) is 0 Å². The number of rotatable bonds is 2. The quantitative estimate of drug-likeness (QED) is 0.729. The van der Waals surface area contributed by atoms with Crippen LogP contribution in [0.15, 0.2) is 60.9 Å². The smallest absolute Gasteiger partial charge is 0.271 e. The summed E-state index contributed by atoms with van der Waals surface area (Å²) in [6.07, 6.45) is 3.56. The fraction of sp³-hybridized carbons (Fsp3) is 0.222. The van der Waals surface area contributed by atoms with Gasteiger partial charge in [-0.05, 0) is 24.3 Å². The summed E-state index contributed by atoms with van der Waals surface area (Å²) >= 11 is 0. The molecule has 0 bridgehead atoms. The second-order valence-corrected chi connectivity index (χ2v) is 5.68. The summed E-state index contributed by atoms with van der Waals surface area (Å²) in [6.45, 7) is 3.18. The van der Waals surface area contributed by atoms with E-state index in [-0.39, 0.29) is 5.91 Å². The fourth-order valence-corrected chi connectivity index (χ4v) is 3.09. The van der Waals surface area contributed by atoms with Gasteiger partial charge in [0.2, 0.25) is 0 Å². The highest BCUT2D eigenvalue weighted by Gasteiger charge is 2.23.